The molecule has 0 aliphatic carbocycles. The molecule has 0 amide bonds. The molecule has 2 bridgehead atoms. The summed E-state index contributed by atoms with van der Waals surface area (Å²) < 4.78 is 5.03. The average molecular weight is 171 g/mol. The van der Waals surface area contributed by atoms with E-state index in [0.717, 1.165) is 19.5 Å². The van der Waals surface area contributed by atoms with Crippen molar-refractivity contribution in [3.63, 3.8) is 0 Å². The van der Waals surface area contributed by atoms with Gasteiger partial charge in [-0.3, -0.25) is 4.90 Å². The zero-order valence-corrected chi connectivity index (χ0v) is 6.90. The molecule has 0 radical (unpaired) electrons. The van der Waals surface area contributed by atoms with Gasteiger partial charge >= 0.3 is 5.97 Å². The Bertz CT molecular complexity index is 195. The van der Waals surface area contributed by atoms with E-state index in [-0.39, 0.29) is 6.23 Å². The van der Waals surface area contributed by atoms with Crippen molar-refractivity contribution in [3.05, 3.63) is 0 Å². The number of nitrogens with zero attached hydrogens (tertiary/aromatic N) is 1. The smallest absolute Gasteiger partial charge is 0.333 e. The van der Waals surface area contributed by atoms with E-state index in [0.29, 0.717) is 5.92 Å². The summed E-state index contributed by atoms with van der Waals surface area (Å²) in [6.07, 6.45) is 2.13. The highest BCUT2D eigenvalue weighted by Gasteiger charge is 2.39. The van der Waals surface area contributed by atoms with Crippen LogP contribution in [0.4, 0.5) is 0 Å². The molecule has 2 saturated heterocycles. The third kappa shape index (κ3) is 1.32. The van der Waals surface area contributed by atoms with Crippen LogP contribution < -0.4 is 0 Å². The molecular weight excluding hydrogens is 158 g/mol. The lowest BCUT2D eigenvalue weighted by Crippen LogP contribution is -2.34. The first kappa shape index (κ1) is 8.01. The molecule has 0 aromatic heterocycles. The van der Waals surface area contributed by atoms with Crippen molar-refractivity contribution in [3.8, 4) is 0 Å². The number of hydrogen-bond acceptors (Lipinski definition) is 4. The zero-order valence-electron chi connectivity index (χ0n) is 6.90. The van der Waals surface area contributed by atoms with Crippen molar-refractivity contribution in [1.82, 2.24) is 4.90 Å². The molecule has 68 valence electrons. The van der Waals surface area contributed by atoms with Gasteiger partial charge in [0.15, 0.2) is 6.23 Å². The average Bonchev–Trinajstić information content (AvgIpc) is 2.64. The Hall–Kier alpha value is -0.610. The molecule has 2 rings (SSSR count). The number of hydrogen-bond donors (Lipinski definition) is 1. The van der Waals surface area contributed by atoms with Gasteiger partial charge in [-0.15, -0.1) is 0 Å². The number of piperidine rings is 1. The first-order valence-electron chi connectivity index (χ1n) is 4.34. The second kappa shape index (κ2) is 3.03. The zero-order chi connectivity index (χ0) is 8.55. The molecule has 1 N–H and O–H groups in total. The van der Waals surface area contributed by atoms with Crippen LogP contribution in [0.1, 0.15) is 12.8 Å². The standard InChI is InChI=1S/C8H13NO3/c10-5-8(11)12-7-3-6-1-2-9(7)4-6/h6-7,10H,1-5H2. The van der Waals surface area contributed by atoms with Gasteiger partial charge in [-0.1, -0.05) is 0 Å². The lowest BCUT2D eigenvalue weighted by Gasteiger charge is -2.23. The number of fused-ring (bicyclic) bond motifs is 2. The Morgan fingerprint density at radius 2 is 2.50 bits per heavy atom. The first-order valence-corrected chi connectivity index (χ1v) is 4.34. The maximum absolute atomic E-state index is 10.7. The highest BCUT2D eigenvalue weighted by molar-refractivity contribution is 5.70. The number of aliphatic hydroxyl groups is 1. The number of carbonyl (C=O) groups is 1. The van der Waals surface area contributed by atoms with Crippen LogP contribution in [0.2, 0.25) is 0 Å². The molecular formula is C8H13NO3. The third-order valence-corrected chi connectivity index (χ3v) is 2.66. The Kier molecular flexibility index (Phi) is 2.02. The molecule has 0 aromatic rings. The van der Waals surface area contributed by atoms with E-state index in [2.05, 4.69) is 4.90 Å². The third-order valence-electron chi connectivity index (χ3n) is 2.66. The normalized spacial score (nSPS) is 38.6. The van der Waals surface area contributed by atoms with Crippen LogP contribution >= 0.6 is 0 Å². The van der Waals surface area contributed by atoms with Crippen molar-refractivity contribution >= 4 is 5.97 Å². The monoisotopic (exact) mass is 171 g/mol. The Morgan fingerprint density at radius 1 is 1.67 bits per heavy atom. The topological polar surface area (TPSA) is 49.8 Å². The van der Waals surface area contributed by atoms with Crippen molar-refractivity contribution in [2.45, 2.75) is 19.1 Å². The van der Waals surface area contributed by atoms with Gasteiger partial charge in [-0.2, -0.15) is 0 Å². The molecule has 4 heteroatoms. The highest BCUT2D eigenvalue weighted by atomic mass is 16.6. The minimum absolute atomic E-state index is 0.0524. The van der Waals surface area contributed by atoms with Gasteiger partial charge in [0.1, 0.15) is 6.61 Å². The van der Waals surface area contributed by atoms with Gasteiger partial charge in [0, 0.05) is 19.5 Å². The van der Waals surface area contributed by atoms with Crippen molar-refractivity contribution < 1.29 is 14.6 Å². The fourth-order valence-electron chi connectivity index (χ4n) is 2.06. The molecule has 0 aromatic carbocycles. The maximum atomic E-state index is 10.7. The predicted octanol–water partition coefficient (Wildman–Crippen LogP) is -0.426. The van der Waals surface area contributed by atoms with Crippen LogP contribution in [0.25, 0.3) is 0 Å². The SMILES string of the molecule is O=C(CO)OC1CC2CCN1C2. The molecule has 0 saturated carbocycles. The lowest BCUT2D eigenvalue weighted by atomic mass is 10.1. The van der Waals surface area contributed by atoms with E-state index in [1.807, 2.05) is 0 Å². The van der Waals surface area contributed by atoms with Crippen LogP contribution in [-0.4, -0.2) is 41.9 Å². The summed E-state index contributed by atoms with van der Waals surface area (Å²) in [7, 11) is 0. The molecule has 4 nitrogen and oxygen atoms in total. The minimum Gasteiger partial charge on any atom is -0.445 e. The van der Waals surface area contributed by atoms with E-state index in [1.165, 1.54) is 6.42 Å². The summed E-state index contributed by atoms with van der Waals surface area (Å²) in [5, 5.41) is 8.47. The quantitative estimate of drug-likeness (QED) is 0.573. The maximum Gasteiger partial charge on any atom is 0.333 e. The molecule has 0 spiro atoms. The van der Waals surface area contributed by atoms with Gasteiger partial charge in [0.2, 0.25) is 0 Å². The number of rotatable bonds is 2. The van der Waals surface area contributed by atoms with Gasteiger partial charge in [0.05, 0.1) is 0 Å². The number of ether oxygens (including phenoxy) is 1. The van der Waals surface area contributed by atoms with Crippen molar-refractivity contribution in [2.75, 3.05) is 19.7 Å². The number of aliphatic hydroxyl groups excluding tert-OH is 1. The number of carbonyl (C=O) groups excluding carboxylic acids is 1. The fourth-order valence-corrected chi connectivity index (χ4v) is 2.06. The Morgan fingerprint density at radius 3 is 3.00 bits per heavy atom. The lowest BCUT2D eigenvalue weighted by molar-refractivity contribution is -0.160. The number of esters is 1. The molecule has 2 heterocycles. The molecule has 3 atom stereocenters. The van der Waals surface area contributed by atoms with Crippen molar-refractivity contribution in [2.24, 2.45) is 5.92 Å². The summed E-state index contributed by atoms with van der Waals surface area (Å²) >= 11 is 0. The van der Waals surface area contributed by atoms with Gasteiger partial charge in [-0.25, -0.2) is 4.79 Å². The predicted molar refractivity (Wildman–Crippen MR) is 41.3 cm³/mol. The van der Waals surface area contributed by atoms with E-state index in [9.17, 15) is 4.79 Å². The van der Waals surface area contributed by atoms with E-state index in [1.54, 1.807) is 0 Å². The van der Waals surface area contributed by atoms with E-state index in [4.69, 9.17) is 9.84 Å². The largest absolute Gasteiger partial charge is 0.445 e. The Labute approximate surface area is 71.1 Å². The fraction of sp³-hybridized carbons (Fsp3) is 0.875. The van der Waals surface area contributed by atoms with Gasteiger partial charge in [0.25, 0.3) is 0 Å². The molecule has 2 aliphatic rings. The molecule has 2 aliphatic heterocycles. The van der Waals surface area contributed by atoms with E-state index >= 15 is 0 Å². The second-order valence-electron chi connectivity index (χ2n) is 3.49. The summed E-state index contributed by atoms with van der Waals surface area (Å²) in [6.45, 7) is 1.59. The van der Waals surface area contributed by atoms with Crippen LogP contribution in [0, 0.1) is 5.92 Å². The Balaban J connectivity index is 1.86. The van der Waals surface area contributed by atoms with Crippen molar-refractivity contribution in [1.29, 1.82) is 0 Å². The van der Waals surface area contributed by atoms with Crippen LogP contribution in [-0.2, 0) is 9.53 Å². The summed E-state index contributed by atoms with van der Waals surface area (Å²) in [4.78, 5) is 12.9. The minimum atomic E-state index is -0.507. The van der Waals surface area contributed by atoms with Crippen LogP contribution in [0.15, 0.2) is 0 Å². The molecule has 2 fully saturated rings. The second-order valence-corrected chi connectivity index (χ2v) is 3.49. The summed E-state index contributed by atoms with van der Waals surface area (Å²) in [5.74, 6) is 0.203. The summed E-state index contributed by atoms with van der Waals surface area (Å²) in [6, 6.07) is 0. The summed E-state index contributed by atoms with van der Waals surface area (Å²) in [5.41, 5.74) is 0. The van der Waals surface area contributed by atoms with Gasteiger partial charge < -0.3 is 9.84 Å². The van der Waals surface area contributed by atoms with Gasteiger partial charge in [-0.05, 0) is 12.3 Å². The first-order chi connectivity index (χ1) is 5.79. The van der Waals surface area contributed by atoms with Crippen LogP contribution in [0.5, 0.6) is 0 Å². The highest BCUT2D eigenvalue weighted by Crippen LogP contribution is 2.33. The van der Waals surface area contributed by atoms with E-state index < -0.39 is 12.6 Å². The molecule has 12 heavy (non-hydrogen) atoms. The van der Waals surface area contributed by atoms with Crippen LogP contribution in [0.3, 0.4) is 0 Å². The molecule has 3 unspecified atom stereocenters.